The molecule has 0 bridgehead atoms. The van der Waals surface area contributed by atoms with Crippen molar-refractivity contribution in [3.05, 3.63) is 87.4 Å². The highest BCUT2D eigenvalue weighted by molar-refractivity contribution is 6.35. The van der Waals surface area contributed by atoms with Crippen LogP contribution in [-0.2, 0) is 9.53 Å². The monoisotopic (exact) mass is 506 g/mol. The van der Waals surface area contributed by atoms with Gasteiger partial charge in [0.1, 0.15) is 5.84 Å². The molecule has 8 heteroatoms. The Morgan fingerprint density at radius 3 is 2.61 bits per heavy atom. The third-order valence-corrected chi connectivity index (χ3v) is 7.15. The number of hydrogen-bond donors (Lipinski definition) is 2. The van der Waals surface area contributed by atoms with E-state index in [1.807, 2.05) is 69.3 Å². The van der Waals surface area contributed by atoms with Crippen LogP contribution in [0.5, 0.6) is 0 Å². The maximum Gasteiger partial charge on any atom is 0.337 e. The van der Waals surface area contributed by atoms with Crippen LogP contribution < -0.4 is 16.6 Å². The van der Waals surface area contributed by atoms with Crippen LogP contribution in [0.1, 0.15) is 39.4 Å². The fraction of sp³-hybridized carbons (Fsp3) is 0.321. The Morgan fingerprint density at radius 2 is 1.92 bits per heavy atom. The molecular weight excluding hydrogens is 476 g/mol. The Bertz CT molecular complexity index is 1400. The number of para-hydroxylation sites is 1. The van der Waals surface area contributed by atoms with E-state index in [0.29, 0.717) is 21.8 Å². The summed E-state index contributed by atoms with van der Waals surface area (Å²) in [6.45, 7) is 7.99. The zero-order valence-electron chi connectivity index (χ0n) is 20.9. The number of halogens is 1. The fourth-order valence-electron chi connectivity index (χ4n) is 4.55. The highest BCUT2D eigenvalue weighted by Gasteiger charge is 2.33. The number of carbonyl (C=O) groups is 1. The van der Waals surface area contributed by atoms with E-state index in [2.05, 4.69) is 5.32 Å². The summed E-state index contributed by atoms with van der Waals surface area (Å²) in [6.07, 6.45) is 1.60. The number of ether oxygens (including phenoxy) is 1. The molecule has 36 heavy (non-hydrogen) atoms. The van der Waals surface area contributed by atoms with Crippen molar-refractivity contribution in [2.45, 2.75) is 39.8 Å². The van der Waals surface area contributed by atoms with Crippen LogP contribution in [0.3, 0.4) is 0 Å². The highest BCUT2D eigenvalue weighted by atomic mass is 35.5. The average molecular weight is 507 g/mol. The van der Waals surface area contributed by atoms with E-state index >= 15 is 0 Å². The molecular formula is C28H31ClN4O3. The minimum atomic E-state index is -0.500. The third kappa shape index (κ3) is 4.81. The second kappa shape index (κ2) is 10.7. The Kier molecular flexibility index (Phi) is 7.62. The van der Waals surface area contributed by atoms with E-state index in [4.69, 9.17) is 27.1 Å². The third-order valence-electron chi connectivity index (χ3n) is 6.83. The lowest BCUT2D eigenvalue weighted by Gasteiger charge is -2.25. The summed E-state index contributed by atoms with van der Waals surface area (Å²) in [4.78, 5) is 31.1. The Morgan fingerprint density at radius 1 is 1.19 bits per heavy atom. The van der Waals surface area contributed by atoms with Gasteiger partial charge in [-0.15, -0.1) is 0 Å². The zero-order chi connectivity index (χ0) is 26.0. The van der Waals surface area contributed by atoms with Crippen LogP contribution in [0, 0.1) is 11.8 Å². The van der Waals surface area contributed by atoms with Crippen molar-refractivity contribution in [2.24, 2.45) is 22.6 Å². The van der Waals surface area contributed by atoms with Crippen LogP contribution in [0.25, 0.3) is 16.5 Å². The molecule has 2 aromatic carbocycles. The van der Waals surface area contributed by atoms with Gasteiger partial charge in [-0.2, -0.15) is 0 Å². The van der Waals surface area contributed by atoms with E-state index in [1.54, 1.807) is 23.8 Å². The summed E-state index contributed by atoms with van der Waals surface area (Å²) in [5.74, 6) is 0.101. The number of nitrogens with two attached hydrogens (primary N) is 1. The molecule has 1 aliphatic rings. The number of benzene rings is 2. The molecule has 4 atom stereocenters. The molecule has 0 saturated carbocycles. The molecule has 188 valence electrons. The van der Waals surface area contributed by atoms with Crippen LogP contribution in [0.15, 0.2) is 76.2 Å². The number of hydrogen-bond acceptors (Lipinski definition) is 5. The summed E-state index contributed by atoms with van der Waals surface area (Å²) >= 11 is 6.43. The number of pyridine rings is 1. The van der Waals surface area contributed by atoms with Crippen molar-refractivity contribution >= 4 is 34.2 Å². The van der Waals surface area contributed by atoms with Crippen LogP contribution in [0.4, 0.5) is 0 Å². The minimum Gasteiger partial charge on any atom is -0.463 e. The van der Waals surface area contributed by atoms with E-state index in [-0.39, 0.29) is 24.0 Å². The number of fused-ring (bicyclic) bond motifs is 1. The zero-order valence-corrected chi connectivity index (χ0v) is 21.6. The molecule has 4 unspecified atom stereocenters. The largest absolute Gasteiger partial charge is 0.463 e. The van der Waals surface area contributed by atoms with Crippen molar-refractivity contribution < 1.29 is 9.53 Å². The smallest absolute Gasteiger partial charge is 0.337 e. The van der Waals surface area contributed by atoms with Gasteiger partial charge in [0, 0.05) is 23.8 Å². The molecule has 0 amide bonds. The molecule has 3 N–H and O–H groups in total. The predicted octanol–water partition coefficient (Wildman–Crippen LogP) is 4.75. The van der Waals surface area contributed by atoms with Gasteiger partial charge in [-0.3, -0.25) is 14.4 Å². The van der Waals surface area contributed by atoms with Crippen LogP contribution in [-0.4, -0.2) is 29.0 Å². The number of esters is 1. The molecule has 7 nitrogen and oxygen atoms in total. The molecule has 1 aliphatic heterocycles. The first kappa shape index (κ1) is 25.7. The summed E-state index contributed by atoms with van der Waals surface area (Å²) in [6, 6.07) is 15.9. The molecule has 2 heterocycles. The molecule has 0 fully saturated rings. The number of carbonyl (C=O) groups excluding carboxylic acids is 1. The van der Waals surface area contributed by atoms with Crippen LogP contribution in [0.2, 0.25) is 5.02 Å². The lowest BCUT2D eigenvalue weighted by atomic mass is 9.86. The van der Waals surface area contributed by atoms with Gasteiger partial charge in [-0.1, -0.05) is 55.8 Å². The molecule has 0 spiro atoms. The van der Waals surface area contributed by atoms with E-state index in [0.717, 1.165) is 16.8 Å². The van der Waals surface area contributed by atoms with Crippen molar-refractivity contribution in [1.82, 2.24) is 9.88 Å². The fourth-order valence-corrected chi connectivity index (χ4v) is 4.81. The lowest BCUT2D eigenvalue weighted by molar-refractivity contribution is -0.139. The van der Waals surface area contributed by atoms with Crippen molar-refractivity contribution in [3.8, 4) is 5.69 Å². The van der Waals surface area contributed by atoms with Gasteiger partial charge in [0.05, 0.1) is 34.3 Å². The molecule has 4 rings (SSSR count). The first-order chi connectivity index (χ1) is 17.2. The number of nitrogens with one attached hydrogen (secondary N) is 1. The normalized spacial score (nSPS) is 22.0. The number of aromatic nitrogens is 1. The molecule has 3 aromatic rings. The van der Waals surface area contributed by atoms with Crippen molar-refractivity contribution in [1.29, 1.82) is 0 Å². The quantitative estimate of drug-likeness (QED) is 0.486. The highest BCUT2D eigenvalue weighted by Crippen LogP contribution is 2.29. The summed E-state index contributed by atoms with van der Waals surface area (Å²) in [7, 11) is 0. The van der Waals surface area contributed by atoms with Crippen molar-refractivity contribution in [2.75, 3.05) is 6.61 Å². The number of nitrogens with zero attached hydrogens (tertiary/aromatic N) is 2. The molecule has 0 saturated heterocycles. The van der Waals surface area contributed by atoms with Gasteiger partial charge in [0.2, 0.25) is 0 Å². The molecule has 0 aliphatic carbocycles. The Labute approximate surface area is 215 Å². The average Bonchev–Trinajstić information content (AvgIpc) is 2.96. The summed E-state index contributed by atoms with van der Waals surface area (Å²) in [5.41, 5.74) is 8.06. The van der Waals surface area contributed by atoms with Gasteiger partial charge in [0.15, 0.2) is 0 Å². The first-order valence-electron chi connectivity index (χ1n) is 12.1. The number of rotatable bonds is 5. The van der Waals surface area contributed by atoms with Crippen molar-refractivity contribution in [3.63, 3.8) is 0 Å². The molecule has 0 radical (unpaired) electrons. The van der Waals surface area contributed by atoms with Gasteiger partial charge in [-0.25, -0.2) is 4.79 Å². The van der Waals surface area contributed by atoms with E-state index < -0.39 is 18.1 Å². The second-order valence-corrected chi connectivity index (χ2v) is 9.48. The van der Waals surface area contributed by atoms with E-state index in [9.17, 15) is 9.59 Å². The van der Waals surface area contributed by atoms with E-state index in [1.165, 1.54) is 0 Å². The summed E-state index contributed by atoms with van der Waals surface area (Å²) < 4.78 is 6.86. The first-order valence-corrected chi connectivity index (χ1v) is 12.5. The topological polar surface area (TPSA) is 98.7 Å². The summed E-state index contributed by atoms with van der Waals surface area (Å²) in [5, 5.41) is 4.83. The number of amidine groups is 1. The van der Waals surface area contributed by atoms with Gasteiger partial charge >= 0.3 is 5.97 Å². The van der Waals surface area contributed by atoms with Crippen LogP contribution >= 0.6 is 11.6 Å². The van der Waals surface area contributed by atoms with Gasteiger partial charge in [-0.05, 0) is 49.4 Å². The molecule has 1 aromatic heterocycles. The SMILES string of the molecule is CCOC(=O)C1=CNC(=NC(C)c2cc3cccc(Cl)c3c(=O)n2-c2ccccc2)C(C)C(C)C1N. The Hall–Kier alpha value is -3.42. The maximum absolute atomic E-state index is 13.7. The Balaban J connectivity index is 1.84. The van der Waals surface area contributed by atoms with Gasteiger partial charge < -0.3 is 15.8 Å². The number of aliphatic imine (C=N–C) groups is 1. The lowest BCUT2D eigenvalue weighted by Crippen LogP contribution is -2.38. The predicted molar refractivity (Wildman–Crippen MR) is 145 cm³/mol. The minimum absolute atomic E-state index is 0.0718. The van der Waals surface area contributed by atoms with Gasteiger partial charge in [0.25, 0.3) is 5.56 Å². The standard InChI is InChI=1S/C28H31ClN4O3/c1-5-36-28(35)21-15-31-26(17(3)16(2)25(21)30)32-18(4)23-14-19-10-9-13-22(29)24(19)27(34)33(23)20-11-7-6-8-12-20/h6-18,25H,5,30H2,1-4H3,(H,31,32). The second-order valence-electron chi connectivity index (χ2n) is 9.08. The maximum atomic E-state index is 13.7.